The molecule has 0 aliphatic rings. The number of rotatable bonds is 4. The summed E-state index contributed by atoms with van der Waals surface area (Å²) in [4.78, 5) is 12.0. The molecule has 0 saturated carbocycles. The van der Waals surface area contributed by atoms with Crippen LogP contribution in [-0.4, -0.2) is 11.8 Å². The Labute approximate surface area is 137 Å². The molecule has 0 aliphatic carbocycles. The molecule has 2 aromatic carbocycles. The predicted octanol–water partition coefficient (Wildman–Crippen LogP) is 5.23. The van der Waals surface area contributed by atoms with Gasteiger partial charge in [0.15, 0.2) is 0 Å². The van der Waals surface area contributed by atoms with Gasteiger partial charge in [0, 0.05) is 12.0 Å². The first-order chi connectivity index (χ1) is 10.9. The van der Waals surface area contributed by atoms with Crippen molar-refractivity contribution >= 4 is 11.9 Å². The van der Waals surface area contributed by atoms with Crippen LogP contribution in [0.2, 0.25) is 0 Å². The van der Waals surface area contributed by atoms with E-state index in [4.69, 9.17) is 9.47 Å². The van der Waals surface area contributed by atoms with Crippen molar-refractivity contribution in [3.8, 4) is 0 Å². The van der Waals surface area contributed by atoms with E-state index in [-0.39, 0.29) is 0 Å². The monoisotopic (exact) mass is 309 g/mol. The van der Waals surface area contributed by atoms with Crippen LogP contribution in [0.5, 0.6) is 0 Å². The molecule has 2 aromatic rings. The molecule has 3 nitrogen and oxygen atoms in total. The number of carbonyl (C=O) groups is 1. The first-order valence-electron chi connectivity index (χ1n) is 7.50. The van der Waals surface area contributed by atoms with E-state index in [1.165, 1.54) is 0 Å². The third-order valence-electron chi connectivity index (χ3n) is 2.87. The van der Waals surface area contributed by atoms with Crippen LogP contribution in [0.15, 0.2) is 66.7 Å². The van der Waals surface area contributed by atoms with E-state index in [0.717, 1.165) is 11.1 Å². The van der Waals surface area contributed by atoms with Gasteiger partial charge in [-0.2, -0.15) is 0 Å². The van der Waals surface area contributed by atoms with Gasteiger partial charge in [0.25, 0.3) is 0 Å². The maximum atomic E-state index is 12.0. The third-order valence-corrected chi connectivity index (χ3v) is 2.87. The minimum absolute atomic E-state index is 0.448. The van der Waals surface area contributed by atoms with Crippen molar-refractivity contribution in [2.24, 2.45) is 0 Å². The molecule has 0 atom stereocenters. The van der Waals surface area contributed by atoms with Gasteiger partial charge in [-0.25, -0.2) is 4.79 Å². The average molecular weight is 309 g/mol. The quantitative estimate of drug-likeness (QED) is 0.573. The van der Waals surface area contributed by atoms with Crippen LogP contribution in [0.4, 0.5) is 4.79 Å². The van der Waals surface area contributed by atoms with Crippen LogP contribution in [0.25, 0.3) is 5.76 Å². The minimum Gasteiger partial charge on any atom is -0.428 e. The molecule has 0 aliphatic heterocycles. The van der Waals surface area contributed by atoms with Crippen LogP contribution in [-0.2, 0) is 9.47 Å². The summed E-state index contributed by atoms with van der Waals surface area (Å²) < 4.78 is 10.6. The Morgan fingerprint density at radius 3 is 2.04 bits per heavy atom. The van der Waals surface area contributed by atoms with Crippen LogP contribution >= 0.6 is 0 Å². The van der Waals surface area contributed by atoms with E-state index >= 15 is 0 Å². The van der Waals surface area contributed by atoms with E-state index in [1.807, 2.05) is 67.1 Å². The number of carbonyl (C=O) groups excluding carboxylic acids is 1. The van der Waals surface area contributed by atoms with E-state index in [1.54, 1.807) is 26.8 Å². The summed E-state index contributed by atoms with van der Waals surface area (Å²) in [6, 6.07) is 19.3. The van der Waals surface area contributed by atoms with Crippen LogP contribution < -0.4 is 0 Å². The van der Waals surface area contributed by atoms with Crippen molar-refractivity contribution in [1.82, 2.24) is 0 Å². The summed E-state index contributed by atoms with van der Waals surface area (Å²) in [5.41, 5.74) is 1.24. The summed E-state index contributed by atoms with van der Waals surface area (Å²) in [6.45, 7) is 5.41. The molecule has 3 heteroatoms. The molecule has 1 radical (unpaired) electrons. The lowest BCUT2D eigenvalue weighted by molar-refractivity contribution is 0.0148. The van der Waals surface area contributed by atoms with Crippen molar-refractivity contribution in [2.75, 3.05) is 0 Å². The Morgan fingerprint density at radius 1 is 0.913 bits per heavy atom. The fourth-order valence-corrected chi connectivity index (χ4v) is 1.89. The molecule has 0 amide bonds. The molecule has 2 rings (SSSR count). The first-order valence-corrected chi connectivity index (χ1v) is 7.50. The third kappa shape index (κ3) is 5.99. The van der Waals surface area contributed by atoms with Crippen molar-refractivity contribution in [2.45, 2.75) is 26.4 Å². The molecule has 0 N–H and O–H groups in total. The highest BCUT2D eigenvalue weighted by molar-refractivity contribution is 5.74. The summed E-state index contributed by atoms with van der Waals surface area (Å²) >= 11 is 0. The zero-order valence-corrected chi connectivity index (χ0v) is 13.7. The van der Waals surface area contributed by atoms with Gasteiger partial charge in [0.2, 0.25) is 0 Å². The van der Waals surface area contributed by atoms with Crippen LogP contribution in [0, 0.1) is 6.42 Å². The normalized spacial score (nSPS) is 11.9. The Morgan fingerprint density at radius 2 is 1.48 bits per heavy atom. The lowest BCUT2D eigenvalue weighted by Crippen LogP contribution is -2.24. The molecule has 0 unspecified atom stereocenters. The highest BCUT2D eigenvalue weighted by atomic mass is 16.7. The fraction of sp³-hybridized carbons (Fsp3) is 0.200. The van der Waals surface area contributed by atoms with Gasteiger partial charge in [-0.3, -0.25) is 0 Å². The van der Waals surface area contributed by atoms with Gasteiger partial charge < -0.3 is 9.47 Å². The summed E-state index contributed by atoms with van der Waals surface area (Å²) in [7, 11) is 0. The van der Waals surface area contributed by atoms with Gasteiger partial charge in [-0.15, -0.1) is 0 Å². The topological polar surface area (TPSA) is 35.5 Å². The van der Waals surface area contributed by atoms with Crippen molar-refractivity contribution in [1.29, 1.82) is 0 Å². The number of hydrogen-bond acceptors (Lipinski definition) is 3. The molecular formula is C20H21O3. The first kappa shape index (κ1) is 16.8. The minimum atomic E-state index is -0.714. The maximum Gasteiger partial charge on any atom is 0.514 e. The largest absolute Gasteiger partial charge is 0.514 e. The Kier molecular flexibility index (Phi) is 5.58. The smallest absolute Gasteiger partial charge is 0.428 e. The second-order valence-corrected chi connectivity index (χ2v) is 6.04. The summed E-state index contributed by atoms with van der Waals surface area (Å²) in [5.74, 6) is 0.448. The molecule has 0 fully saturated rings. The second-order valence-electron chi connectivity index (χ2n) is 6.04. The van der Waals surface area contributed by atoms with E-state index < -0.39 is 11.8 Å². The highest BCUT2D eigenvalue weighted by Gasteiger charge is 2.19. The van der Waals surface area contributed by atoms with E-state index in [9.17, 15) is 4.79 Å². The molecule has 23 heavy (non-hydrogen) atoms. The van der Waals surface area contributed by atoms with Crippen molar-refractivity contribution in [3.05, 3.63) is 84.3 Å². The second kappa shape index (κ2) is 7.63. The number of hydrogen-bond donors (Lipinski definition) is 0. The Bertz CT molecular complexity index is 652. The van der Waals surface area contributed by atoms with Gasteiger partial charge in [-0.05, 0) is 32.4 Å². The van der Waals surface area contributed by atoms with Gasteiger partial charge >= 0.3 is 6.16 Å². The SMILES string of the molecule is CC(C)(C)OC(=O)O/C(=C/[CH]c1ccccc1)c1ccccc1. The Balaban J connectivity index is 2.17. The van der Waals surface area contributed by atoms with Gasteiger partial charge in [0.1, 0.15) is 11.4 Å². The van der Waals surface area contributed by atoms with Crippen LogP contribution in [0.3, 0.4) is 0 Å². The van der Waals surface area contributed by atoms with E-state index in [0.29, 0.717) is 5.76 Å². The van der Waals surface area contributed by atoms with Crippen molar-refractivity contribution < 1.29 is 14.3 Å². The van der Waals surface area contributed by atoms with Gasteiger partial charge in [-0.1, -0.05) is 60.7 Å². The van der Waals surface area contributed by atoms with Crippen LogP contribution in [0.1, 0.15) is 31.9 Å². The molecular weight excluding hydrogens is 288 g/mol. The molecule has 0 heterocycles. The molecule has 0 aromatic heterocycles. The fourth-order valence-electron chi connectivity index (χ4n) is 1.89. The standard InChI is InChI=1S/C20H21O3/c1-20(2,3)23-19(21)22-18(17-12-8-5-9-13-17)15-14-16-10-6-4-7-11-16/h4-15H,1-3H3/b18-15+. The summed E-state index contributed by atoms with van der Waals surface area (Å²) in [5, 5.41) is 0. The van der Waals surface area contributed by atoms with Gasteiger partial charge in [0.05, 0.1) is 0 Å². The van der Waals surface area contributed by atoms with E-state index in [2.05, 4.69) is 0 Å². The Hall–Kier alpha value is -2.55. The maximum absolute atomic E-state index is 12.0. The molecule has 0 bridgehead atoms. The zero-order chi connectivity index (χ0) is 16.7. The molecule has 119 valence electrons. The lowest BCUT2D eigenvalue weighted by atomic mass is 10.1. The molecule has 0 spiro atoms. The number of ether oxygens (including phenoxy) is 2. The number of allylic oxidation sites excluding steroid dienone is 1. The highest BCUT2D eigenvalue weighted by Crippen LogP contribution is 2.20. The predicted molar refractivity (Wildman–Crippen MR) is 91.6 cm³/mol. The van der Waals surface area contributed by atoms with Crippen molar-refractivity contribution in [3.63, 3.8) is 0 Å². The number of benzene rings is 2. The average Bonchev–Trinajstić information content (AvgIpc) is 2.51. The summed E-state index contributed by atoms with van der Waals surface area (Å²) in [6.07, 6.45) is 2.95. The zero-order valence-electron chi connectivity index (χ0n) is 13.7. The molecule has 0 saturated heterocycles. The lowest BCUT2D eigenvalue weighted by Gasteiger charge is -2.19.